The van der Waals surface area contributed by atoms with E-state index >= 15 is 0 Å². The van der Waals surface area contributed by atoms with Gasteiger partial charge < -0.3 is 14.1 Å². The molecular weight excluding hydrogens is 401 g/mol. The van der Waals surface area contributed by atoms with Gasteiger partial charge >= 0.3 is 7.47 Å². The first-order valence-electron chi connectivity index (χ1n) is 9.78. The van der Waals surface area contributed by atoms with Crippen molar-refractivity contribution in [3.63, 3.8) is 0 Å². The number of ketones is 1. The SMILES string of the molecule is COc1ccc(C2CC(/C=C\c3cccc(OC)c3)=CC(OB(F)F)=C2C(C)=O)cc1. The Labute approximate surface area is 181 Å². The highest BCUT2D eigenvalue weighted by molar-refractivity contribution is 6.35. The molecule has 0 aromatic heterocycles. The molecule has 1 aliphatic carbocycles. The average molecular weight is 424 g/mol. The van der Waals surface area contributed by atoms with Gasteiger partial charge in [-0.15, -0.1) is 0 Å². The molecule has 1 unspecified atom stereocenters. The molecule has 0 heterocycles. The van der Waals surface area contributed by atoms with E-state index in [9.17, 15) is 13.4 Å². The molecule has 0 N–H and O–H groups in total. The molecule has 160 valence electrons. The Balaban J connectivity index is 2.01. The molecule has 4 nitrogen and oxygen atoms in total. The molecule has 0 saturated heterocycles. The highest BCUT2D eigenvalue weighted by atomic mass is 19.2. The van der Waals surface area contributed by atoms with E-state index in [2.05, 4.69) is 0 Å². The minimum atomic E-state index is -3.03. The van der Waals surface area contributed by atoms with Crippen molar-refractivity contribution >= 4 is 19.3 Å². The summed E-state index contributed by atoms with van der Waals surface area (Å²) in [6, 6.07) is 14.7. The number of hydrogen-bond acceptors (Lipinski definition) is 4. The molecule has 0 saturated carbocycles. The number of halogens is 2. The van der Waals surface area contributed by atoms with E-state index in [0.29, 0.717) is 12.2 Å². The predicted molar refractivity (Wildman–Crippen MR) is 117 cm³/mol. The van der Waals surface area contributed by atoms with Gasteiger partial charge in [0.25, 0.3) is 0 Å². The van der Waals surface area contributed by atoms with Crippen molar-refractivity contribution in [1.82, 2.24) is 0 Å². The zero-order valence-electron chi connectivity index (χ0n) is 17.6. The Bertz CT molecular complexity index is 1030. The third kappa shape index (κ3) is 5.63. The maximum atomic E-state index is 13.1. The second kappa shape index (κ2) is 10.1. The first kappa shape index (κ1) is 22.3. The highest BCUT2D eigenvalue weighted by Gasteiger charge is 2.31. The molecule has 0 fully saturated rings. The Hall–Kier alpha value is -3.35. The number of hydrogen-bond donors (Lipinski definition) is 0. The number of ether oxygens (including phenoxy) is 2. The van der Waals surface area contributed by atoms with E-state index in [1.54, 1.807) is 26.4 Å². The molecule has 2 aromatic rings. The van der Waals surface area contributed by atoms with Gasteiger partial charge in [-0.05, 0) is 60.4 Å². The first-order chi connectivity index (χ1) is 14.9. The van der Waals surface area contributed by atoms with Crippen LogP contribution in [-0.2, 0) is 9.45 Å². The highest BCUT2D eigenvalue weighted by Crippen LogP contribution is 2.39. The number of methoxy groups -OCH3 is 2. The fraction of sp³-hybridized carbons (Fsp3) is 0.208. The summed E-state index contributed by atoms with van der Waals surface area (Å²) in [4.78, 5) is 12.4. The van der Waals surface area contributed by atoms with Gasteiger partial charge in [0.2, 0.25) is 0 Å². The van der Waals surface area contributed by atoms with Crippen molar-refractivity contribution in [2.75, 3.05) is 14.2 Å². The molecular formula is C24H23BF2O4. The summed E-state index contributed by atoms with van der Waals surface area (Å²) in [5, 5.41) is 0. The summed E-state index contributed by atoms with van der Waals surface area (Å²) in [6.07, 6.45) is 5.70. The maximum Gasteiger partial charge on any atom is 0.796 e. The topological polar surface area (TPSA) is 44.8 Å². The largest absolute Gasteiger partial charge is 0.796 e. The van der Waals surface area contributed by atoms with Gasteiger partial charge in [0, 0.05) is 11.5 Å². The Morgan fingerprint density at radius 1 is 1.03 bits per heavy atom. The third-order valence-electron chi connectivity index (χ3n) is 5.07. The molecule has 0 bridgehead atoms. The van der Waals surface area contributed by atoms with Gasteiger partial charge in [-0.1, -0.05) is 36.4 Å². The fourth-order valence-corrected chi connectivity index (χ4v) is 3.61. The maximum absolute atomic E-state index is 13.1. The van der Waals surface area contributed by atoms with Crippen LogP contribution in [0.3, 0.4) is 0 Å². The summed E-state index contributed by atoms with van der Waals surface area (Å²) in [5.74, 6) is 0.581. The number of allylic oxidation sites excluding steroid dienone is 4. The van der Waals surface area contributed by atoms with Gasteiger partial charge in [0.05, 0.1) is 14.2 Å². The van der Waals surface area contributed by atoms with Crippen molar-refractivity contribution in [3.05, 3.63) is 88.7 Å². The van der Waals surface area contributed by atoms with Crippen LogP contribution in [-0.4, -0.2) is 27.5 Å². The molecule has 1 atom stereocenters. The predicted octanol–water partition coefficient (Wildman–Crippen LogP) is 5.61. The number of carbonyl (C=O) groups excluding carboxylic acids is 1. The molecule has 0 amide bonds. The van der Waals surface area contributed by atoms with Crippen LogP contribution in [0.4, 0.5) is 8.63 Å². The van der Waals surface area contributed by atoms with Crippen LogP contribution >= 0.6 is 0 Å². The Morgan fingerprint density at radius 2 is 1.74 bits per heavy atom. The van der Waals surface area contributed by atoms with Gasteiger partial charge in [-0.2, -0.15) is 0 Å². The smallest absolute Gasteiger partial charge is 0.505 e. The van der Waals surface area contributed by atoms with Crippen LogP contribution in [0.25, 0.3) is 6.08 Å². The van der Waals surface area contributed by atoms with E-state index in [1.165, 1.54) is 13.0 Å². The monoisotopic (exact) mass is 424 g/mol. The van der Waals surface area contributed by atoms with E-state index in [-0.39, 0.29) is 17.1 Å². The second-order valence-electron chi connectivity index (χ2n) is 7.07. The summed E-state index contributed by atoms with van der Waals surface area (Å²) < 4.78 is 41.4. The van der Waals surface area contributed by atoms with Crippen LogP contribution in [0.5, 0.6) is 11.5 Å². The van der Waals surface area contributed by atoms with Crippen LogP contribution in [0.2, 0.25) is 0 Å². The van der Waals surface area contributed by atoms with Crippen molar-refractivity contribution in [2.24, 2.45) is 0 Å². The minimum absolute atomic E-state index is 0.0974. The first-order valence-corrected chi connectivity index (χ1v) is 9.78. The van der Waals surface area contributed by atoms with Crippen molar-refractivity contribution in [3.8, 4) is 11.5 Å². The normalized spacial score (nSPS) is 16.2. The quantitative estimate of drug-likeness (QED) is 0.517. The Kier molecular flexibility index (Phi) is 7.29. The van der Waals surface area contributed by atoms with E-state index in [4.69, 9.17) is 14.1 Å². The van der Waals surface area contributed by atoms with Crippen LogP contribution in [0.15, 0.2) is 77.6 Å². The lowest BCUT2D eigenvalue weighted by molar-refractivity contribution is -0.114. The van der Waals surface area contributed by atoms with Crippen molar-refractivity contribution in [2.45, 2.75) is 19.3 Å². The lowest BCUT2D eigenvalue weighted by Gasteiger charge is -2.26. The number of rotatable bonds is 8. The minimum Gasteiger partial charge on any atom is -0.505 e. The number of Topliss-reactive ketones (excluding diaryl/α,β-unsaturated/α-hetero) is 1. The molecule has 3 rings (SSSR count). The molecule has 0 radical (unpaired) electrons. The molecule has 1 aliphatic rings. The van der Waals surface area contributed by atoms with Gasteiger partial charge in [-0.25, -0.2) is 8.63 Å². The summed E-state index contributed by atoms with van der Waals surface area (Å²) >= 11 is 0. The van der Waals surface area contributed by atoms with E-state index in [0.717, 1.165) is 22.4 Å². The zero-order valence-corrected chi connectivity index (χ0v) is 17.6. The number of benzene rings is 2. The lowest BCUT2D eigenvalue weighted by atomic mass is 9.79. The van der Waals surface area contributed by atoms with Crippen molar-refractivity contribution < 1.29 is 27.6 Å². The van der Waals surface area contributed by atoms with Gasteiger partial charge in [-0.3, -0.25) is 4.79 Å². The van der Waals surface area contributed by atoms with Crippen LogP contribution in [0.1, 0.15) is 30.4 Å². The molecule has 0 aliphatic heterocycles. The number of carbonyl (C=O) groups is 1. The van der Waals surface area contributed by atoms with E-state index in [1.807, 2.05) is 48.6 Å². The molecule has 2 aromatic carbocycles. The van der Waals surface area contributed by atoms with Crippen molar-refractivity contribution in [1.29, 1.82) is 0 Å². The van der Waals surface area contributed by atoms with Crippen LogP contribution < -0.4 is 9.47 Å². The molecule has 7 heteroatoms. The standard InChI is InChI=1S/C24H23BF2O4/c1-16(28)24-22(19-9-11-20(29-2)12-10-19)14-18(15-23(24)31-25(26)27)8-7-17-5-4-6-21(13-17)30-3/h4-13,15,22H,14H2,1-3H3/b8-7-. The summed E-state index contributed by atoms with van der Waals surface area (Å²) in [5.41, 5.74) is 2.73. The summed E-state index contributed by atoms with van der Waals surface area (Å²) in [6.45, 7) is 1.37. The molecule has 0 spiro atoms. The van der Waals surface area contributed by atoms with Gasteiger partial charge in [0.15, 0.2) is 5.78 Å². The van der Waals surface area contributed by atoms with Crippen LogP contribution in [0, 0.1) is 0 Å². The lowest BCUT2D eigenvalue weighted by Crippen LogP contribution is -2.19. The molecule has 31 heavy (non-hydrogen) atoms. The fourth-order valence-electron chi connectivity index (χ4n) is 3.61. The van der Waals surface area contributed by atoms with Gasteiger partial charge in [0.1, 0.15) is 17.3 Å². The van der Waals surface area contributed by atoms with E-state index < -0.39 is 13.4 Å². The second-order valence-corrected chi connectivity index (χ2v) is 7.07. The average Bonchev–Trinajstić information content (AvgIpc) is 2.77. The zero-order chi connectivity index (χ0) is 22.4. The summed E-state index contributed by atoms with van der Waals surface area (Å²) in [7, 11) is 0.127. The Morgan fingerprint density at radius 3 is 2.35 bits per heavy atom. The third-order valence-corrected chi connectivity index (χ3v) is 5.07.